The molecule has 248 valence electrons. The van der Waals surface area contributed by atoms with E-state index in [1.165, 1.54) is 41.1 Å². The second-order valence-corrected chi connectivity index (χ2v) is 18.3. The summed E-state index contributed by atoms with van der Waals surface area (Å²) in [5, 5.41) is 0. The summed E-state index contributed by atoms with van der Waals surface area (Å²) in [5.41, 5.74) is 2.71. The zero-order chi connectivity index (χ0) is 32.4. The molecule has 1 aromatic carbocycles. The largest absolute Gasteiger partial charge is 0.0622 e. The number of hydrogen-bond acceptors (Lipinski definition) is 0. The summed E-state index contributed by atoms with van der Waals surface area (Å²) in [7, 11) is 0. The molecule has 2 aliphatic carbocycles. The Morgan fingerprint density at radius 3 is 0.651 bits per heavy atom. The zero-order valence-electron chi connectivity index (χ0n) is 31.4. The van der Waals surface area contributed by atoms with Gasteiger partial charge in [-0.2, -0.15) is 0 Å². The SMILES string of the molecule is CC(C)(C)[C]1[CH][C](C(C)(C)C)[C](C(C)(C)C)[CH]1.CC(C)(C)[C]1[CH][C](C(C)(C)C)[C](C(C)(C)C)[CH]1.Cc1ccccc1.[Co].[Co]. The van der Waals surface area contributed by atoms with Gasteiger partial charge in [0.05, 0.1) is 0 Å². The van der Waals surface area contributed by atoms with Gasteiger partial charge < -0.3 is 0 Å². The molecule has 2 aliphatic rings. The van der Waals surface area contributed by atoms with Crippen LogP contribution in [0.2, 0.25) is 0 Å². The summed E-state index contributed by atoms with van der Waals surface area (Å²) in [6.45, 7) is 43.6. The van der Waals surface area contributed by atoms with E-state index in [2.05, 4.69) is 169 Å². The molecule has 0 N–H and O–H groups in total. The monoisotopic (exact) mass is 676 g/mol. The van der Waals surface area contributed by atoms with Gasteiger partial charge >= 0.3 is 0 Å². The summed E-state index contributed by atoms with van der Waals surface area (Å²) in [6.07, 6.45) is 9.67. The molecule has 0 aliphatic heterocycles. The van der Waals surface area contributed by atoms with Gasteiger partial charge in [0.2, 0.25) is 0 Å². The van der Waals surface area contributed by atoms with Crippen molar-refractivity contribution < 1.29 is 33.6 Å². The van der Waals surface area contributed by atoms with Crippen LogP contribution in [0.3, 0.4) is 0 Å². The third-order valence-corrected chi connectivity index (χ3v) is 7.68. The second-order valence-electron chi connectivity index (χ2n) is 18.3. The molecule has 0 nitrogen and oxygen atoms in total. The normalized spacial score (nSPS) is 19.1. The summed E-state index contributed by atoms with van der Waals surface area (Å²) >= 11 is 0. The molecule has 1 aromatic rings. The molecule has 0 saturated heterocycles. The van der Waals surface area contributed by atoms with Crippen LogP contribution in [0, 0.1) is 101 Å². The summed E-state index contributed by atoms with van der Waals surface area (Å²) in [6, 6.07) is 10.3. The van der Waals surface area contributed by atoms with Crippen LogP contribution in [-0.4, -0.2) is 0 Å². The van der Waals surface area contributed by atoms with E-state index < -0.39 is 0 Å². The molecule has 0 unspecified atom stereocenters. The fourth-order valence-corrected chi connectivity index (χ4v) is 4.90. The van der Waals surface area contributed by atoms with E-state index in [1.54, 1.807) is 0 Å². The molecule has 2 fully saturated rings. The molecular formula is C41H66Co2. The van der Waals surface area contributed by atoms with Crippen LogP contribution in [0.15, 0.2) is 30.3 Å². The van der Waals surface area contributed by atoms with Crippen molar-refractivity contribution in [3.05, 3.63) is 97.1 Å². The van der Waals surface area contributed by atoms with Gasteiger partial charge in [-0.05, 0) is 101 Å². The van der Waals surface area contributed by atoms with Crippen molar-refractivity contribution in [3.63, 3.8) is 0 Å². The van der Waals surface area contributed by atoms with Crippen molar-refractivity contribution in [2.75, 3.05) is 0 Å². The first kappa shape index (κ1) is 45.4. The molecule has 0 atom stereocenters. The first-order valence-corrected chi connectivity index (χ1v) is 15.7. The number of benzene rings is 1. The number of hydrogen-bond donors (Lipinski definition) is 0. The minimum absolute atomic E-state index is 0. The number of rotatable bonds is 0. The van der Waals surface area contributed by atoms with Crippen LogP contribution in [0.4, 0.5) is 0 Å². The molecule has 43 heavy (non-hydrogen) atoms. The third-order valence-electron chi connectivity index (χ3n) is 7.68. The summed E-state index contributed by atoms with van der Waals surface area (Å²) in [5.74, 6) is 8.97. The van der Waals surface area contributed by atoms with Crippen molar-refractivity contribution in [2.45, 2.75) is 132 Å². The molecule has 0 bridgehead atoms. The Bertz CT molecular complexity index is 785. The van der Waals surface area contributed by atoms with E-state index >= 15 is 0 Å². The van der Waals surface area contributed by atoms with Gasteiger partial charge in [-0.15, -0.1) is 0 Å². The predicted molar refractivity (Wildman–Crippen MR) is 185 cm³/mol. The van der Waals surface area contributed by atoms with Gasteiger partial charge in [-0.1, -0.05) is 161 Å². The molecule has 0 spiro atoms. The van der Waals surface area contributed by atoms with Crippen molar-refractivity contribution >= 4 is 0 Å². The van der Waals surface area contributed by atoms with Crippen LogP contribution in [-0.2, 0) is 33.6 Å². The quantitative estimate of drug-likeness (QED) is 0.257. The molecule has 2 saturated carbocycles. The van der Waals surface area contributed by atoms with E-state index in [-0.39, 0.29) is 66.0 Å². The van der Waals surface area contributed by atoms with E-state index in [0.29, 0.717) is 0 Å². The smallest absolute Gasteiger partial charge is 0 e. The molecule has 0 amide bonds. The Morgan fingerprint density at radius 2 is 0.535 bits per heavy atom. The van der Waals surface area contributed by atoms with Crippen molar-refractivity contribution in [3.8, 4) is 0 Å². The Kier molecular flexibility index (Phi) is 17.3. The van der Waals surface area contributed by atoms with Gasteiger partial charge in [0.15, 0.2) is 0 Å². The van der Waals surface area contributed by atoms with Crippen LogP contribution < -0.4 is 0 Å². The van der Waals surface area contributed by atoms with E-state index in [0.717, 1.165) is 0 Å². The van der Waals surface area contributed by atoms with Gasteiger partial charge in [0, 0.05) is 33.6 Å². The van der Waals surface area contributed by atoms with Crippen LogP contribution in [0.25, 0.3) is 0 Å². The first-order valence-electron chi connectivity index (χ1n) is 15.7. The maximum Gasteiger partial charge on any atom is 0 e. The topological polar surface area (TPSA) is 0 Å². The van der Waals surface area contributed by atoms with E-state index in [9.17, 15) is 0 Å². The van der Waals surface area contributed by atoms with Gasteiger partial charge in [0.1, 0.15) is 0 Å². The Hall–Kier alpha value is 0.233. The standard InChI is InChI=1S/2C17H29.C7H8.2Co/c2*1-15(2,3)12-10-13(16(4,5)6)14(11-12)17(7,8)9;1-7-5-3-2-4-6-7;;/h2*10-11H,1-9H3;2-6H,1H3;;. The molecule has 2 heteroatoms. The maximum atomic E-state index is 2.42. The van der Waals surface area contributed by atoms with Gasteiger partial charge in [-0.3, -0.25) is 0 Å². The minimum atomic E-state index is 0. The molecule has 0 aromatic heterocycles. The van der Waals surface area contributed by atoms with Gasteiger partial charge in [0.25, 0.3) is 0 Å². The summed E-state index contributed by atoms with van der Waals surface area (Å²) < 4.78 is 0. The molecule has 0 heterocycles. The fraction of sp³-hybridized carbons (Fsp3) is 0.610. The maximum absolute atomic E-state index is 2.42. The van der Waals surface area contributed by atoms with E-state index in [1.807, 2.05) is 18.2 Å². The van der Waals surface area contributed by atoms with Gasteiger partial charge in [-0.25, -0.2) is 0 Å². The number of aryl methyl sites for hydroxylation is 1. The fourth-order valence-electron chi connectivity index (χ4n) is 4.90. The van der Waals surface area contributed by atoms with E-state index in [4.69, 9.17) is 0 Å². The van der Waals surface area contributed by atoms with Crippen molar-refractivity contribution in [1.82, 2.24) is 0 Å². The first-order chi connectivity index (χ1) is 18.1. The minimum Gasteiger partial charge on any atom is -0.0622 e. The molecule has 12 radical (unpaired) electrons. The van der Waals surface area contributed by atoms with Crippen LogP contribution in [0.5, 0.6) is 0 Å². The second kappa shape index (κ2) is 16.4. The third kappa shape index (κ3) is 14.7. The Morgan fingerprint density at radius 1 is 0.326 bits per heavy atom. The summed E-state index contributed by atoms with van der Waals surface area (Å²) in [4.78, 5) is 0. The van der Waals surface area contributed by atoms with Crippen molar-refractivity contribution in [1.29, 1.82) is 0 Å². The Balaban J connectivity index is 0. The Labute approximate surface area is 293 Å². The van der Waals surface area contributed by atoms with Crippen molar-refractivity contribution in [2.24, 2.45) is 32.5 Å². The average molecular weight is 677 g/mol. The van der Waals surface area contributed by atoms with Crippen LogP contribution >= 0.6 is 0 Å². The predicted octanol–water partition coefficient (Wildman–Crippen LogP) is 12.5. The van der Waals surface area contributed by atoms with Crippen LogP contribution in [0.1, 0.15) is 130 Å². The molecule has 3 rings (SSSR count). The molecular weight excluding hydrogens is 610 g/mol. The average Bonchev–Trinajstić information content (AvgIpc) is 3.40. The zero-order valence-corrected chi connectivity index (χ0v) is 33.4.